The van der Waals surface area contributed by atoms with Gasteiger partial charge in [-0.25, -0.2) is 0 Å². The Morgan fingerprint density at radius 1 is 0.400 bits per heavy atom. The highest BCUT2D eigenvalue weighted by molar-refractivity contribution is 5.76. The van der Waals surface area contributed by atoms with Crippen molar-refractivity contribution in [2.45, 2.75) is 309 Å². The Hall–Kier alpha value is -1.39. The number of carbonyl (C=O) groups is 1. The van der Waals surface area contributed by atoms with Gasteiger partial charge in [0.1, 0.15) is 0 Å². The molecule has 0 radical (unpaired) electrons. The summed E-state index contributed by atoms with van der Waals surface area (Å²) in [6, 6.07) is -0.623. The van der Waals surface area contributed by atoms with Crippen LogP contribution < -0.4 is 5.32 Å². The monoisotopic (exact) mass is 842 g/mol. The minimum atomic E-state index is -0.840. The normalized spacial score (nSPS) is 13.1. The Balaban J connectivity index is 3.51. The molecule has 2 unspecified atom stereocenters. The molecule has 0 heterocycles. The molecule has 4 nitrogen and oxygen atoms in total. The summed E-state index contributed by atoms with van der Waals surface area (Å²) in [6.45, 7) is 4.34. The lowest BCUT2D eigenvalue weighted by atomic mass is 10.0. The molecule has 60 heavy (non-hydrogen) atoms. The van der Waals surface area contributed by atoms with E-state index in [-0.39, 0.29) is 12.5 Å². The third kappa shape index (κ3) is 47.7. The summed E-state index contributed by atoms with van der Waals surface area (Å²) >= 11 is 0. The summed E-state index contributed by atoms with van der Waals surface area (Å²) in [5, 5.41) is 23.2. The van der Waals surface area contributed by atoms with Gasteiger partial charge in [-0.3, -0.25) is 4.79 Å². The molecule has 2 atom stereocenters. The quantitative estimate of drug-likeness (QED) is 0.0422. The van der Waals surface area contributed by atoms with Crippen LogP contribution in [0.25, 0.3) is 0 Å². The van der Waals surface area contributed by atoms with Crippen LogP contribution in [0.15, 0.2) is 36.5 Å². The second-order valence-corrected chi connectivity index (χ2v) is 18.7. The molecule has 0 fully saturated rings. The average molecular weight is 842 g/mol. The summed E-state index contributed by atoms with van der Waals surface area (Å²) in [7, 11) is 0. The Kier molecular flexibility index (Phi) is 50.8. The zero-order valence-corrected chi connectivity index (χ0v) is 40.7. The molecule has 0 rings (SSSR count). The van der Waals surface area contributed by atoms with Gasteiger partial charge < -0.3 is 15.5 Å². The summed E-state index contributed by atoms with van der Waals surface area (Å²) in [6.07, 6.45) is 70.1. The standard InChI is InChI=1S/C56H107NO3/c1-3-5-7-9-11-13-15-17-19-21-23-25-26-27-28-29-30-32-34-36-38-40-42-44-46-48-50-52-56(60)57-54(53-58)55(59)51-49-47-45-43-41-39-37-35-33-31-24-22-20-18-16-14-12-10-8-6-4-2/h23,25,27-28,49,51,54-55,58-59H,3-22,24,26,29-48,50,52-53H2,1-2H3,(H,57,60)/b25-23-,28-27-,51-49+. The lowest BCUT2D eigenvalue weighted by molar-refractivity contribution is -0.123. The van der Waals surface area contributed by atoms with Gasteiger partial charge in [-0.15, -0.1) is 0 Å². The van der Waals surface area contributed by atoms with Crippen molar-refractivity contribution in [3.05, 3.63) is 36.5 Å². The van der Waals surface area contributed by atoms with E-state index in [9.17, 15) is 15.0 Å². The van der Waals surface area contributed by atoms with Gasteiger partial charge in [-0.2, -0.15) is 0 Å². The zero-order chi connectivity index (χ0) is 43.5. The Morgan fingerprint density at radius 3 is 1.00 bits per heavy atom. The number of amides is 1. The van der Waals surface area contributed by atoms with Gasteiger partial charge >= 0.3 is 0 Å². The maximum atomic E-state index is 12.5. The smallest absolute Gasteiger partial charge is 0.220 e. The minimum Gasteiger partial charge on any atom is -0.394 e. The van der Waals surface area contributed by atoms with E-state index in [0.717, 1.165) is 32.1 Å². The van der Waals surface area contributed by atoms with E-state index in [0.29, 0.717) is 6.42 Å². The van der Waals surface area contributed by atoms with Crippen LogP contribution in [-0.2, 0) is 4.79 Å². The number of hydrogen-bond acceptors (Lipinski definition) is 3. The summed E-state index contributed by atoms with van der Waals surface area (Å²) in [4.78, 5) is 12.5. The molecule has 0 aromatic heterocycles. The first-order valence-corrected chi connectivity index (χ1v) is 27.2. The van der Waals surface area contributed by atoms with Gasteiger partial charge in [-0.1, -0.05) is 275 Å². The van der Waals surface area contributed by atoms with E-state index in [1.54, 1.807) is 6.08 Å². The van der Waals surface area contributed by atoms with Crippen molar-refractivity contribution in [2.24, 2.45) is 0 Å². The summed E-state index contributed by atoms with van der Waals surface area (Å²) in [5.41, 5.74) is 0. The molecule has 0 spiro atoms. The highest BCUT2D eigenvalue weighted by atomic mass is 16.3. The number of carbonyl (C=O) groups excluding carboxylic acids is 1. The summed E-state index contributed by atoms with van der Waals surface area (Å²) < 4.78 is 0. The van der Waals surface area contributed by atoms with Crippen LogP contribution in [0.2, 0.25) is 0 Å². The SMILES string of the molecule is CCCCCCCCCCC/C=C\C/C=C\CCCCCCCCCCCCCC(=O)NC(CO)C(O)/C=C/CCCCCCCCCCCCCCCCCCCCC. The fourth-order valence-corrected chi connectivity index (χ4v) is 8.45. The van der Waals surface area contributed by atoms with Gasteiger partial charge in [0, 0.05) is 6.42 Å². The first-order chi connectivity index (χ1) is 29.7. The van der Waals surface area contributed by atoms with Crippen molar-refractivity contribution < 1.29 is 15.0 Å². The van der Waals surface area contributed by atoms with Crippen molar-refractivity contribution >= 4 is 5.91 Å². The van der Waals surface area contributed by atoms with Gasteiger partial charge in [0.15, 0.2) is 0 Å². The lowest BCUT2D eigenvalue weighted by Gasteiger charge is -2.20. The van der Waals surface area contributed by atoms with Crippen LogP contribution in [0.5, 0.6) is 0 Å². The van der Waals surface area contributed by atoms with E-state index in [1.165, 1.54) is 244 Å². The molecule has 1 amide bonds. The van der Waals surface area contributed by atoms with Crippen LogP contribution in [-0.4, -0.2) is 34.9 Å². The molecular formula is C56H107NO3. The van der Waals surface area contributed by atoms with Crippen LogP contribution >= 0.6 is 0 Å². The molecule has 0 aliphatic carbocycles. The molecule has 0 saturated heterocycles. The van der Waals surface area contributed by atoms with Crippen LogP contribution in [0.4, 0.5) is 0 Å². The van der Waals surface area contributed by atoms with Gasteiger partial charge in [-0.05, 0) is 51.4 Å². The van der Waals surface area contributed by atoms with Gasteiger partial charge in [0.05, 0.1) is 18.8 Å². The fourth-order valence-electron chi connectivity index (χ4n) is 8.45. The number of aliphatic hydroxyl groups excluding tert-OH is 2. The van der Waals surface area contributed by atoms with Gasteiger partial charge in [0.2, 0.25) is 5.91 Å². The Morgan fingerprint density at radius 2 is 0.683 bits per heavy atom. The second kappa shape index (κ2) is 52.0. The highest BCUT2D eigenvalue weighted by Crippen LogP contribution is 2.17. The van der Waals surface area contributed by atoms with Crippen LogP contribution in [0, 0.1) is 0 Å². The van der Waals surface area contributed by atoms with Crippen molar-refractivity contribution in [3.63, 3.8) is 0 Å². The molecule has 0 aliphatic rings. The third-order valence-corrected chi connectivity index (χ3v) is 12.6. The van der Waals surface area contributed by atoms with Crippen molar-refractivity contribution in [3.8, 4) is 0 Å². The molecule has 0 bridgehead atoms. The topological polar surface area (TPSA) is 69.6 Å². The Bertz CT molecular complexity index is 912. The molecule has 0 aromatic carbocycles. The predicted molar refractivity (Wildman–Crippen MR) is 267 cm³/mol. The number of nitrogens with one attached hydrogen (secondary N) is 1. The van der Waals surface area contributed by atoms with Crippen LogP contribution in [0.3, 0.4) is 0 Å². The highest BCUT2D eigenvalue weighted by Gasteiger charge is 2.18. The maximum absolute atomic E-state index is 12.5. The third-order valence-electron chi connectivity index (χ3n) is 12.6. The number of hydrogen-bond donors (Lipinski definition) is 3. The average Bonchev–Trinajstić information content (AvgIpc) is 3.25. The van der Waals surface area contributed by atoms with E-state index in [1.807, 2.05) is 6.08 Å². The molecule has 354 valence electrons. The Labute approximate surface area is 376 Å². The van der Waals surface area contributed by atoms with Crippen molar-refractivity contribution in [1.29, 1.82) is 0 Å². The maximum Gasteiger partial charge on any atom is 0.220 e. The van der Waals surface area contributed by atoms with Crippen LogP contribution in [0.1, 0.15) is 296 Å². The molecular weight excluding hydrogens is 735 g/mol. The number of rotatable bonds is 50. The molecule has 0 aromatic rings. The second-order valence-electron chi connectivity index (χ2n) is 18.7. The van der Waals surface area contributed by atoms with E-state index in [2.05, 4.69) is 43.5 Å². The molecule has 3 N–H and O–H groups in total. The predicted octanol–water partition coefficient (Wildman–Crippen LogP) is 17.7. The lowest BCUT2D eigenvalue weighted by Crippen LogP contribution is -2.45. The molecule has 0 aliphatic heterocycles. The van der Waals surface area contributed by atoms with Gasteiger partial charge in [0.25, 0.3) is 0 Å². The van der Waals surface area contributed by atoms with E-state index in [4.69, 9.17) is 0 Å². The molecule has 4 heteroatoms. The number of unbranched alkanes of at least 4 members (excludes halogenated alkanes) is 39. The number of allylic oxidation sites excluding steroid dienone is 5. The zero-order valence-electron chi connectivity index (χ0n) is 40.7. The fraction of sp³-hybridized carbons (Fsp3) is 0.875. The van der Waals surface area contributed by atoms with Crippen molar-refractivity contribution in [2.75, 3.05) is 6.61 Å². The largest absolute Gasteiger partial charge is 0.394 e. The van der Waals surface area contributed by atoms with E-state index < -0.39 is 12.1 Å². The van der Waals surface area contributed by atoms with Crippen molar-refractivity contribution in [1.82, 2.24) is 5.32 Å². The first kappa shape index (κ1) is 58.6. The van der Waals surface area contributed by atoms with E-state index >= 15 is 0 Å². The first-order valence-electron chi connectivity index (χ1n) is 27.2. The molecule has 0 saturated carbocycles. The minimum absolute atomic E-state index is 0.0628. The number of aliphatic hydroxyl groups is 2. The summed E-state index contributed by atoms with van der Waals surface area (Å²) in [5.74, 6) is -0.0628.